The number of nitrogens with one attached hydrogen (secondary N) is 2. The summed E-state index contributed by atoms with van der Waals surface area (Å²) in [6.45, 7) is 9.21. The maximum atomic E-state index is 9.34. The van der Waals surface area contributed by atoms with Crippen LogP contribution in [-0.4, -0.2) is 61.9 Å². The highest BCUT2D eigenvalue weighted by molar-refractivity contribution is 9.10. The second-order valence-corrected chi connectivity index (χ2v) is 10.8. The largest absolute Gasteiger partial charge is 0.471 e. The fourth-order valence-corrected chi connectivity index (χ4v) is 6.28. The van der Waals surface area contributed by atoms with Gasteiger partial charge in [0.1, 0.15) is 12.1 Å². The molecule has 38 heavy (non-hydrogen) atoms. The van der Waals surface area contributed by atoms with Gasteiger partial charge in [-0.3, -0.25) is 9.69 Å². The van der Waals surface area contributed by atoms with Crippen LogP contribution in [0.25, 0.3) is 31.8 Å². The number of aromatic amines is 1. The second kappa shape index (κ2) is 19.7. The van der Waals surface area contributed by atoms with E-state index in [2.05, 4.69) is 104 Å². The zero-order valence-corrected chi connectivity index (χ0v) is 26.3. The number of methoxy groups -OCH3 is 1. The quantitative estimate of drug-likeness (QED) is 0.191. The van der Waals surface area contributed by atoms with E-state index in [1.54, 1.807) is 29.7 Å². The zero-order valence-electron chi connectivity index (χ0n) is 23.0. The van der Waals surface area contributed by atoms with Crippen LogP contribution in [0.3, 0.4) is 0 Å². The topological polar surface area (TPSA) is 87.3 Å². The summed E-state index contributed by atoms with van der Waals surface area (Å²) in [6, 6.07) is 8.76. The van der Waals surface area contributed by atoms with E-state index in [-0.39, 0.29) is 0 Å². The minimum atomic E-state index is 0.375. The van der Waals surface area contributed by atoms with Crippen molar-refractivity contribution in [3.63, 3.8) is 0 Å². The first-order valence-corrected chi connectivity index (χ1v) is 15.0. The molecule has 1 aromatic carbocycles. The van der Waals surface area contributed by atoms with Crippen molar-refractivity contribution in [2.75, 3.05) is 34.3 Å². The molecule has 0 aliphatic carbocycles. The Kier molecular flexibility index (Phi) is 17.4. The van der Waals surface area contributed by atoms with Crippen molar-refractivity contribution in [3.05, 3.63) is 51.5 Å². The lowest BCUT2D eigenvalue weighted by atomic mass is 10.1. The minimum absolute atomic E-state index is 0.375. The van der Waals surface area contributed by atoms with Gasteiger partial charge in [0.05, 0.1) is 41.5 Å². The van der Waals surface area contributed by atoms with Crippen molar-refractivity contribution in [1.29, 1.82) is 0 Å². The Labute approximate surface area is 242 Å². The molecule has 0 aliphatic rings. The molecule has 0 amide bonds. The van der Waals surface area contributed by atoms with Gasteiger partial charge in [-0.2, -0.15) is 0 Å². The van der Waals surface area contributed by atoms with E-state index in [1.165, 1.54) is 44.1 Å². The molecule has 0 saturated carbocycles. The number of hydrogen-bond acceptors (Lipinski definition) is 8. The van der Waals surface area contributed by atoms with Crippen LogP contribution in [0.5, 0.6) is 0 Å². The van der Waals surface area contributed by atoms with Gasteiger partial charge in [-0.1, -0.05) is 51.5 Å². The molecule has 0 bridgehead atoms. The van der Waals surface area contributed by atoms with Gasteiger partial charge in [-0.05, 0) is 54.1 Å². The highest BCUT2D eigenvalue weighted by Crippen LogP contribution is 2.42. The van der Waals surface area contributed by atoms with Crippen LogP contribution in [-0.2, 0) is 20.9 Å². The minimum Gasteiger partial charge on any atom is -0.471 e. The first-order valence-electron chi connectivity index (χ1n) is 12.4. The van der Waals surface area contributed by atoms with Crippen LogP contribution in [0.1, 0.15) is 39.4 Å². The Morgan fingerprint density at radius 2 is 1.68 bits per heavy atom. The molecule has 7 nitrogen and oxygen atoms in total. The Bertz CT molecular complexity index is 1190. The maximum absolute atomic E-state index is 9.34. The Morgan fingerprint density at radius 3 is 2.21 bits per heavy atom. The van der Waals surface area contributed by atoms with Crippen LogP contribution in [0, 0.1) is 0 Å². The number of nitrogens with zero attached hydrogens (tertiary/aromatic N) is 2. The van der Waals surface area contributed by atoms with Crippen molar-refractivity contribution < 1.29 is 14.3 Å². The van der Waals surface area contributed by atoms with Gasteiger partial charge in [0.2, 0.25) is 0 Å². The summed E-state index contributed by atoms with van der Waals surface area (Å²) in [6.07, 6.45) is 5.16. The molecule has 0 saturated heterocycles. The fraction of sp³-hybridized carbons (Fsp3) is 0.393. The maximum Gasteiger partial charge on any atom is 0.292 e. The number of thiophene rings is 2. The van der Waals surface area contributed by atoms with Crippen molar-refractivity contribution in [1.82, 2.24) is 20.2 Å². The molecular formula is C28H39BrN4O3S2. The molecule has 0 fully saturated rings. The summed E-state index contributed by atoms with van der Waals surface area (Å²) in [5.74, 6) is 1.02. The number of carbonyl (C=O) groups is 2. The van der Waals surface area contributed by atoms with Crippen LogP contribution in [0.4, 0.5) is 0 Å². The number of fused-ring (bicyclic) bond motifs is 1. The number of rotatable bonds is 9. The highest BCUT2D eigenvalue weighted by atomic mass is 79.9. The summed E-state index contributed by atoms with van der Waals surface area (Å²) >= 11 is 7.23. The molecule has 0 unspecified atom stereocenters. The normalized spacial score (nSPS) is 10.0. The van der Waals surface area contributed by atoms with Gasteiger partial charge in [-0.15, -0.1) is 22.7 Å². The number of likely N-dealkylation sites (N-methyl/N-ethyl adjacent to an activating group) is 1. The van der Waals surface area contributed by atoms with Crippen molar-refractivity contribution >= 4 is 60.8 Å². The first kappa shape index (κ1) is 33.7. The molecule has 0 radical (unpaired) electrons. The lowest BCUT2D eigenvalue weighted by molar-refractivity contribution is -0.126. The lowest BCUT2D eigenvalue weighted by Gasteiger charge is -2.13. The molecule has 10 heteroatoms. The summed E-state index contributed by atoms with van der Waals surface area (Å²) in [5.41, 5.74) is 4.82. The summed E-state index contributed by atoms with van der Waals surface area (Å²) in [4.78, 5) is 28.6. The van der Waals surface area contributed by atoms with E-state index in [1.807, 2.05) is 6.20 Å². The van der Waals surface area contributed by atoms with E-state index in [0.717, 1.165) is 37.3 Å². The van der Waals surface area contributed by atoms with Gasteiger partial charge >= 0.3 is 0 Å². The van der Waals surface area contributed by atoms with E-state index < -0.39 is 0 Å². The molecule has 3 aromatic heterocycles. The summed E-state index contributed by atoms with van der Waals surface area (Å²) in [7, 11) is 5.17. The Morgan fingerprint density at radius 1 is 1.08 bits per heavy atom. The number of ether oxygens (including phenoxy) is 1. The van der Waals surface area contributed by atoms with E-state index in [9.17, 15) is 4.79 Å². The third-order valence-electron chi connectivity index (χ3n) is 4.79. The Balaban J connectivity index is 0.000000510. The number of aldehydes is 1. The monoisotopic (exact) mass is 622 g/mol. The summed E-state index contributed by atoms with van der Waals surface area (Å²) < 4.78 is 7.75. The number of aromatic nitrogens is 2. The van der Waals surface area contributed by atoms with E-state index >= 15 is 0 Å². The van der Waals surface area contributed by atoms with Crippen LogP contribution >= 0.6 is 38.6 Å². The van der Waals surface area contributed by atoms with Crippen LogP contribution in [0.15, 0.2) is 45.7 Å². The van der Waals surface area contributed by atoms with Gasteiger partial charge in [0.25, 0.3) is 6.47 Å². The number of halogens is 1. The number of imidazole rings is 1. The number of hydrogen-bond donors (Lipinski definition) is 2. The average Bonchev–Trinajstić information content (AvgIpc) is 3.64. The standard InChI is InChI=1S/C20H20BrN3S2.C3H7NO.C3H8.C2H4O2/c1-3-8-24(2)10-18-22-9-17(23-18)14-6-4-13(5-7-14)15-11-25-20-16(21)12-26-19(15)20;1-4-2-3-5;1-3-2;1-4-2-3/h4-7,9,11-12H,3,8,10H2,1-2H3,(H,22,23);3-4H,2H2,1H3;3H2,1-2H3;2H,1H3. The second-order valence-electron chi connectivity index (χ2n) is 8.21. The fourth-order valence-electron chi connectivity index (χ4n) is 3.21. The zero-order chi connectivity index (χ0) is 28.3. The average molecular weight is 624 g/mol. The van der Waals surface area contributed by atoms with Crippen molar-refractivity contribution in [2.24, 2.45) is 0 Å². The molecule has 0 spiro atoms. The molecule has 2 N–H and O–H groups in total. The van der Waals surface area contributed by atoms with Crippen LogP contribution < -0.4 is 5.32 Å². The van der Waals surface area contributed by atoms with E-state index in [4.69, 9.17) is 4.79 Å². The van der Waals surface area contributed by atoms with Gasteiger partial charge in [-0.25, -0.2) is 4.98 Å². The molecule has 208 valence electrons. The predicted molar refractivity (Wildman–Crippen MR) is 166 cm³/mol. The number of benzene rings is 1. The highest BCUT2D eigenvalue weighted by Gasteiger charge is 2.12. The SMILES string of the molecule is CCC.CCCN(C)Cc1ncc(-c2ccc(-c3csc4c(Br)csc34)cc2)[nH]1.CNCC=O.COC=O. The number of H-pyrrole nitrogens is 1. The smallest absolute Gasteiger partial charge is 0.292 e. The third-order valence-corrected chi connectivity index (χ3v) is 8.13. The van der Waals surface area contributed by atoms with E-state index in [0.29, 0.717) is 13.0 Å². The Hall–Kier alpha value is -2.37. The van der Waals surface area contributed by atoms with Crippen LogP contribution in [0.2, 0.25) is 0 Å². The van der Waals surface area contributed by atoms with Gasteiger partial charge in [0.15, 0.2) is 0 Å². The van der Waals surface area contributed by atoms with Crippen molar-refractivity contribution in [2.45, 2.75) is 40.2 Å². The number of carbonyl (C=O) groups excluding carboxylic acids is 2. The molecule has 0 atom stereocenters. The first-order chi connectivity index (χ1) is 18.4. The lowest BCUT2D eigenvalue weighted by Crippen LogP contribution is -2.19. The molecule has 0 aliphatic heterocycles. The molecular weight excluding hydrogens is 584 g/mol. The molecule has 3 heterocycles. The predicted octanol–water partition coefficient (Wildman–Crippen LogP) is 7.23. The molecule has 4 rings (SSSR count). The summed E-state index contributed by atoms with van der Waals surface area (Å²) in [5, 5.41) is 7.07. The third kappa shape index (κ3) is 11.2. The van der Waals surface area contributed by atoms with Gasteiger partial charge < -0.3 is 19.8 Å². The molecule has 4 aromatic rings. The van der Waals surface area contributed by atoms with Gasteiger partial charge in [0, 0.05) is 20.8 Å². The van der Waals surface area contributed by atoms with Crippen molar-refractivity contribution in [3.8, 4) is 22.4 Å².